The maximum atomic E-state index is 11.1. The van der Waals surface area contributed by atoms with Crippen molar-refractivity contribution in [2.24, 2.45) is 0 Å². The molecule has 4 nitrogen and oxygen atoms in total. The Bertz CT molecular complexity index is 371. The molecule has 0 fully saturated rings. The molecule has 0 amide bonds. The summed E-state index contributed by atoms with van der Waals surface area (Å²) in [5, 5.41) is 8.36. The van der Waals surface area contributed by atoms with E-state index < -0.39 is 11.9 Å². The SMILES string of the molecule is Cc1cccc(OC(=O)CCC(=O)O)c1. The molecule has 0 radical (unpaired) electrons. The Kier molecular flexibility index (Phi) is 3.85. The van der Waals surface area contributed by atoms with E-state index in [1.165, 1.54) is 0 Å². The standard InChI is InChI=1S/C11H12O4/c1-8-3-2-4-9(7-8)15-11(14)6-5-10(12)13/h2-4,7H,5-6H2,1H3,(H,12,13). The van der Waals surface area contributed by atoms with Crippen molar-refractivity contribution < 1.29 is 19.4 Å². The monoisotopic (exact) mass is 208 g/mol. The normalized spacial score (nSPS) is 9.67. The van der Waals surface area contributed by atoms with E-state index in [1.54, 1.807) is 18.2 Å². The van der Waals surface area contributed by atoms with Crippen LogP contribution in [0.5, 0.6) is 5.75 Å². The van der Waals surface area contributed by atoms with E-state index in [4.69, 9.17) is 9.84 Å². The maximum Gasteiger partial charge on any atom is 0.311 e. The van der Waals surface area contributed by atoms with E-state index >= 15 is 0 Å². The number of aliphatic carboxylic acids is 1. The predicted molar refractivity (Wildman–Crippen MR) is 53.7 cm³/mol. The van der Waals surface area contributed by atoms with Gasteiger partial charge in [0, 0.05) is 0 Å². The van der Waals surface area contributed by atoms with Gasteiger partial charge in [0.1, 0.15) is 5.75 Å². The van der Waals surface area contributed by atoms with Gasteiger partial charge in [-0.1, -0.05) is 12.1 Å². The highest BCUT2D eigenvalue weighted by molar-refractivity contribution is 5.78. The van der Waals surface area contributed by atoms with Gasteiger partial charge in [-0.25, -0.2) is 0 Å². The topological polar surface area (TPSA) is 63.6 Å². The van der Waals surface area contributed by atoms with Gasteiger partial charge in [-0.2, -0.15) is 0 Å². The van der Waals surface area contributed by atoms with Gasteiger partial charge < -0.3 is 9.84 Å². The van der Waals surface area contributed by atoms with Gasteiger partial charge in [-0.05, 0) is 24.6 Å². The molecule has 0 atom stereocenters. The molecule has 15 heavy (non-hydrogen) atoms. The summed E-state index contributed by atoms with van der Waals surface area (Å²) in [6, 6.07) is 7.04. The second kappa shape index (κ2) is 5.14. The van der Waals surface area contributed by atoms with Crippen LogP contribution in [-0.4, -0.2) is 17.0 Å². The zero-order valence-corrected chi connectivity index (χ0v) is 8.40. The number of esters is 1. The number of ether oxygens (including phenoxy) is 1. The molecule has 0 heterocycles. The fourth-order valence-corrected chi connectivity index (χ4v) is 1.07. The van der Waals surface area contributed by atoms with Crippen LogP contribution in [0.1, 0.15) is 18.4 Å². The third-order valence-corrected chi connectivity index (χ3v) is 1.76. The first-order valence-corrected chi connectivity index (χ1v) is 4.57. The molecule has 0 saturated heterocycles. The molecule has 0 bridgehead atoms. The Morgan fingerprint density at radius 3 is 2.67 bits per heavy atom. The average molecular weight is 208 g/mol. The van der Waals surface area contributed by atoms with E-state index in [0.717, 1.165) is 5.56 Å². The number of benzene rings is 1. The average Bonchev–Trinajstić information content (AvgIpc) is 2.15. The molecule has 80 valence electrons. The molecule has 0 unspecified atom stereocenters. The van der Waals surface area contributed by atoms with E-state index in [9.17, 15) is 9.59 Å². The minimum atomic E-state index is -1.00. The molecule has 1 N–H and O–H groups in total. The van der Waals surface area contributed by atoms with Crippen LogP contribution in [0.4, 0.5) is 0 Å². The zero-order chi connectivity index (χ0) is 11.3. The minimum Gasteiger partial charge on any atom is -0.481 e. The molecular formula is C11H12O4. The number of aryl methyl sites for hydroxylation is 1. The molecule has 1 aromatic carbocycles. The van der Waals surface area contributed by atoms with Crippen LogP contribution >= 0.6 is 0 Å². The van der Waals surface area contributed by atoms with Gasteiger partial charge in [0.25, 0.3) is 0 Å². The van der Waals surface area contributed by atoms with Crippen LogP contribution in [0.25, 0.3) is 0 Å². The number of carboxylic acid groups (broad SMARTS) is 1. The van der Waals surface area contributed by atoms with Gasteiger partial charge in [0.05, 0.1) is 12.8 Å². The van der Waals surface area contributed by atoms with Crippen molar-refractivity contribution in [2.75, 3.05) is 0 Å². The van der Waals surface area contributed by atoms with Crippen LogP contribution in [0, 0.1) is 6.92 Å². The van der Waals surface area contributed by atoms with Gasteiger partial charge in [-0.3, -0.25) is 9.59 Å². The van der Waals surface area contributed by atoms with Crippen LogP contribution in [-0.2, 0) is 9.59 Å². The molecule has 0 saturated carbocycles. The fourth-order valence-electron chi connectivity index (χ4n) is 1.07. The Hall–Kier alpha value is -1.84. The Morgan fingerprint density at radius 2 is 2.07 bits per heavy atom. The van der Waals surface area contributed by atoms with E-state index in [1.807, 2.05) is 13.0 Å². The van der Waals surface area contributed by atoms with Gasteiger partial charge in [0.15, 0.2) is 0 Å². The van der Waals surface area contributed by atoms with E-state index in [2.05, 4.69) is 0 Å². The molecule has 0 aromatic heterocycles. The highest BCUT2D eigenvalue weighted by Crippen LogP contribution is 2.13. The number of carbonyl (C=O) groups excluding carboxylic acids is 1. The number of carboxylic acids is 1. The first kappa shape index (κ1) is 11.2. The van der Waals surface area contributed by atoms with Crippen LogP contribution in [0.3, 0.4) is 0 Å². The van der Waals surface area contributed by atoms with E-state index in [0.29, 0.717) is 5.75 Å². The van der Waals surface area contributed by atoms with Crippen molar-refractivity contribution in [1.29, 1.82) is 0 Å². The van der Waals surface area contributed by atoms with Gasteiger partial charge in [0.2, 0.25) is 0 Å². The smallest absolute Gasteiger partial charge is 0.311 e. The van der Waals surface area contributed by atoms with Crippen molar-refractivity contribution in [3.8, 4) is 5.75 Å². The number of rotatable bonds is 4. The number of hydrogen-bond donors (Lipinski definition) is 1. The van der Waals surface area contributed by atoms with Crippen molar-refractivity contribution >= 4 is 11.9 Å². The first-order chi connectivity index (χ1) is 7.08. The van der Waals surface area contributed by atoms with Crippen LogP contribution < -0.4 is 4.74 Å². The highest BCUT2D eigenvalue weighted by atomic mass is 16.5. The fraction of sp³-hybridized carbons (Fsp3) is 0.273. The third-order valence-electron chi connectivity index (χ3n) is 1.76. The lowest BCUT2D eigenvalue weighted by Gasteiger charge is -2.03. The summed E-state index contributed by atoms with van der Waals surface area (Å²) in [5.41, 5.74) is 0.985. The zero-order valence-electron chi connectivity index (χ0n) is 8.40. The van der Waals surface area contributed by atoms with Crippen LogP contribution in [0.15, 0.2) is 24.3 Å². The van der Waals surface area contributed by atoms with Crippen LogP contribution in [0.2, 0.25) is 0 Å². The van der Waals surface area contributed by atoms with Gasteiger partial charge in [-0.15, -0.1) is 0 Å². The highest BCUT2D eigenvalue weighted by Gasteiger charge is 2.07. The van der Waals surface area contributed by atoms with Crippen molar-refractivity contribution in [3.63, 3.8) is 0 Å². The Morgan fingerprint density at radius 1 is 1.33 bits per heavy atom. The number of carbonyl (C=O) groups is 2. The Labute approximate surface area is 87.5 Å². The lowest BCUT2D eigenvalue weighted by molar-refractivity contribution is -0.142. The van der Waals surface area contributed by atoms with Gasteiger partial charge >= 0.3 is 11.9 Å². The summed E-state index contributed by atoms with van der Waals surface area (Å²) in [5.74, 6) is -1.08. The summed E-state index contributed by atoms with van der Waals surface area (Å²) >= 11 is 0. The minimum absolute atomic E-state index is 0.108. The van der Waals surface area contributed by atoms with Crippen molar-refractivity contribution in [2.45, 2.75) is 19.8 Å². The summed E-state index contributed by atoms with van der Waals surface area (Å²) in [4.78, 5) is 21.3. The molecule has 0 aliphatic carbocycles. The van der Waals surface area contributed by atoms with Crippen molar-refractivity contribution in [1.82, 2.24) is 0 Å². The molecular weight excluding hydrogens is 196 g/mol. The molecule has 1 rings (SSSR count). The van der Waals surface area contributed by atoms with Crippen molar-refractivity contribution in [3.05, 3.63) is 29.8 Å². The third kappa shape index (κ3) is 4.26. The summed E-state index contributed by atoms with van der Waals surface area (Å²) in [6.07, 6.45) is -0.312. The molecule has 0 spiro atoms. The summed E-state index contributed by atoms with van der Waals surface area (Å²) in [6.45, 7) is 1.88. The molecule has 1 aromatic rings. The molecule has 0 aliphatic heterocycles. The number of hydrogen-bond acceptors (Lipinski definition) is 3. The first-order valence-electron chi connectivity index (χ1n) is 4.57. The largest absolute Gasteiger partial charge is 0.481 e. The lowest BCUT2D eigenvalue weighted by atomic mass is 10.2. The lowest BCUT2D eigenvalue weighted by Crippen LogP contribution is -2.10. The second-order valence-electron chi connectivity index (χ2n) is 3.18. The Balaban J connectivity index is 2.48. The predicted octanol–water partition coefficient (Wildman–Crippen LogP) is 1.77. The summed E-state index contributed by atoms with van der Waals surface area (Å²) in [7, 11) is 0. The molecule has 0 aliphatic rings. The maximum absolute atomic E-state index is 11.1. The quantitative estimate of drug-likeness (QED) is 0.605. The second-order valence-corrected chi connectivity index (χ2v) is 3.18. The molecule has 4 heteroatoms. The summed E-state index contributed by atoms with van der Waals surface area (Å²) < 4.78 is 4.94. The van der Waals surface area contributed by atoms with E-state index in [-0.39, 0.29) is 12.8 Å².